The summed E-state index contributed by atoms with van der Waals surface area (Å²) >= 11 is 0. The third-order valence-corrected chi connectivity index (χ3v) is 3.37. The Balaban J connectivity index is 2.38. The average Bonchev–Trinajstić information content (AvgIpc) is 2.41. The van der Waals surface area contributed by atoms with Gasteiger partial charge in [0.15, 0.2) is 0 Å². The summed E-state index contributed by atoms with van der Waals surface area (Å²) in [6, 6.07) is 8.04. The molecule has 0 saturated heterocycles. The van der Waals surface area contributed by atoms with Crippen molar-refractivity contribution >= 4 is 17.3 Å². The van der Waals surface area contributed by atoms with E-state index >= 15 is 0 Å². The van der Waals surface area contributed by atoms with E-state index in [4.69, 9.17) is 5.73 Å². The minimum atomic E-state index is -0.544. The first-order valence-corrected chi connectivity index (χ1v) is 6.33. The van der Waals surface area contributed by atoms with E-state index < -0.39 is 11.7 Å². The monoisotopic (exact) mass is 272 g/mol. The predicted molar refractivity (Wildman–Crippen MR) is 79.4 cm³/mol. The summed E-state index contributed by atoms with van der Waals surface area (Å²) in [5.41, 5.74) is 9.62. The van der Waals surface area contributed by atoms with Crippen molar-refractivity contribution in [3.05, 3.63) is 58.4 Å². The topological polar surface area (TPSA) is 55.1 Å². The highest BCUT2D eigenvalue weighted by Crippen LogP contribution is 2.26. The van der Waals surface area contributed by atoms with Gasteiger partial charge in [-0.15, -0.1) is 0 Å². The van der Waals surface area contributed by atoms with Crippen molar-refractivity contribution in [2.24, 2.45) is 0 Å². The van der Waals surface area contributed by atoms with Gasteiger partial charge in [-0.05, 0) is 50.1 Å². The van der Waals surface area contributed by atoms with Crippen LogP contribution in [0.25, 0.3) is 0 Å². The molecule has 0 saturated carbocycles. The third kappa shape index (κ3) is 2.64. The van der Waals surface area contributed by atoms with Crippen molar-refractivity contribution in [2.45, 2.75) is 20.8 Å². The van der Waals surface area contributed by atoms with Gasteiger partial charge in [-0.2, -0.15) is 0 Å². The van der Waals surface area contributed by atoms with E-state index in [9.17, 15) is 9.18 Å². The Morgan fingerprint density at radius 1 is 1.15 bits per heavy atom. The van der Waals surface area contributed by atoms with Crippen molar-refractivity contribution in [1.82, 2.24) is 0 Å². The summed E-state index contributed by atoms with van der Waals surface area (Å²) in [5, 5.41) is 2.70. The minimum Gasteiger partial charge on any atom is -0.397 e. The molecule has 0 aliphatic rings. The molecule has 0 aliphatic heterocycles. The van der Waals surface area contributed by atoms with Crippen LogP contribution in [0.5, 0.6) is 0 Å². The Morgan fingerprint density at radius 2 is 1.85 bits per heavy atom. The Kier molecular flexibility index (Phi) is 3.74. The molecule has 0 bridgehead atoms. The zero-order chi connectivity index (χ0) is 14.9. The van der Waals surface area contributed by atoms with Gasteiger partial charge in [0, 0.05) is 0 Å². The highest BCUT2D eigenvalue weighted by atomic mass is 19.1. The van der Waals surface area contributed by atoms with Crippen molar-refractivity contribution in [1.29, 1.82) is 0 Å². The number of amides is 1. The first-order chi connectivity index (χ1) is 9.40. The predicted octanol–water partition coefficient (Wildman–Crippen LogP) is 3.59. The fourth-order valence-electron chi connectivity index (χ4n) is 2.00. The quantitative estimate of drug-likeness (QED) is 0.821. The maximum Gasteiger partial charge on any atom is 0.258 e. The molecule has 0 aliphatic carbocycles. The van der Waals surface area contributed by atoms with Crippen molar-refractivity contribution < 1.29 is 9.18 Å². The molecule has 2 aromatic rings. The number of rotatable bonds is 2. The van der Waals surface area contributed by atoms with Gasteiger partial charge >= 0.3 is 0 Å². The van der Waals surface area contributed by atoms with Crippen LogP contribution in [-0.2, 0) is 0 Å². The molecule has 2 rings (SSSR count). The molecule has 0 unspecified atom stereocenters. The molecule has 0 heterocycles. The molecule has 0 radical (unpaired) electrons. The number of hydrogen-bond donors (Lipinski definition) is 2. The van der Waals surface area contributed by atoms with Crippen LogP contribution in [0.15, 0.2) is 30.3 Å². The van der Waals surface area contributed by atoms with Crippen LogP contribution in [0.2, 0.25) is 0 Å². The van der Waals surface area contributed by atoms with Gasteiger partial charge in [-0.1, -0.05) is 17.7 Å². The normalized spacial score (nSPS) is 10.4. The molecular weight excluding hydrogens is 255 g/mol. The lowest BCUT2D eigenvalue weighted by molar-refractivity contribution is 0.102. The number of benzene rings is 2. The van der Waals surface area contributed by atoms with Crippen LogP contribution in [0.4, 0.5) is 15.8 Å². The number of anilines is 2. The summed E-state index contributed by atoms with van der Waals surface area (Å²) in [6.07, 6.45) is 0. The second-order valence-electron chi connectivity index (χ2n) is 4.91. The third-order valence-electron chi connectivity index (χ3n) is 3.37. The van der Waals surface area contributed by atoms with Gasteiger partial charge < -0.3 is 11.1 Å². The largest absolute Gasteiger partial charge is 0.397 e. The smallest absolute Gasteiger partial charge is 0.258 e. The van der Waals surface area contributed by atoms with E-state index in [0.717, 1.165) is 16.7 Å². The van der Waals surface area contributed by atoms with Crippen LogP contribution in [-0.4, -0.2) is 5.91 Å². The Hall–Kier alpha value is -2.36. The maximum absolute atomic E-state index is 13.7. The molecule has 0 atom stereocenters. The molecule has 0 spiro atoms. The number of nitrogens with one attached hydrogen (secondary N) is 1. The first kappa shape index (κ1) is 14.1. The minimum absolute atomic E-state index is 0.0188. The lowest BCUT2D eigenvalue weighted by atomic mass is 10.1. The van der Waals surface area contributed by atoms with Gasteiger partial charge in [-0.25, -0.2) is 4.39 Å². The summed E-state index contributed by atoms with van der Waals surface area (Å²) in [7, 11) is 0. The number of hydrogen-bond acceptors (Lipinski definition) is 2. The van der Waals surface area contributed by atoms with Crippen LogP contribution in [0.3, 0.4) is 0 Å². The standard InChI is InChI=1S/C16H17FN2O/c1-9-4-6-13(17)12(8-9)16(20)19-15-11(3)10(2)5-7-14(15)18/h4-8H,18H2,1-3H3,(H,19,20). The highest BCUT2D eigenvalue weighted by Gasteiger charge is 2.15. The second kappa shape index (κ2) is 5.33. The van der Waals surface area contributed by atoms with Gasteiger partial charge in [0.05, 0.1) is 16.9 Å². The zero-order valence-electron chi connectivity index (χ0n) is 11.8. The molecule has 4 heteroatoms. The molecule has 0 aromatic heterocycles. The lowest BCUT2D eigenvalue weighted by Crippen LogP contribution is -2.16. The number of aryl methyl sites for hydroxylation is 2. The molecule has 1 amide bonds. The summed E-state index contributed by atoms with van der Waals surface area (Å²) in [4.78, 5) is 12.2. The molecule has 2 aromatic carbocycles. The molecular formula is C16H17FN2O. The molecule has 3 nitrogen and oxygen atoms in total. The number of carbonyl (C=O) groups excluding carboxylic acids is 1. The van der Waals surface area contributed by atoms with E-state index in [-0.39, 0.29) is 5.56 Å². The zero-order valence-corrected chi connectivity index (χ0v) is 11.8. The van der Waals surface area contributed by atoms with Crippen LogP contribution in [0, 0.1) is 26.6 Å². The van der Waals surface area contributed by atoms with Crippen LogP contribution < -0.4 is 11.1 Å². The molecule has 104 valence electrons. The SMILES string of the molecule is Cc1ccc(F)c(C(=O)Nc2c(N)ccc(C)c2C)c1. The van der Waals surface area contributed by atoms with Crippen LogP contribution in [0.1, 0.15) is 27.0 Å². The number of carbonyl (C=O) groups is 1. The fraction of sp³-hybridized carbons (Fsp3) is 0.188. The molecule has 3 N–H and O–H groups in total. The van der Waals surface area contributed by atoms with E-state index in [1.54, 1.807) is 12.1 Å². The number of halogens is 1. The van der Waals surface area contributed by atoms with E-state index in [1.165, 1.54) is 12.1 Å². The van der Waals surface area contributed by atoms with E-state index in [2.05, 4.69) is 5.32 Å². The fourth-order valence-corrected chi connectivity index (χ4v) is 2.00. The van der Waals surface area contributed by atoms with Gasteiger partial charge in [-0.3, -0.25) is 4.79 Å². The van der Waals surface area contributed by atoms with E-state index in [0.29, 0.717) is 11.4 Å². The summed E-state index contributed by atoms with van der Waals surface area (Å²) in [6.45, 7) is 5.61. The first-order valence-electron chi connectivity index (χ1n) is 6.33. The Morgan fingerprint density at radius 3 is 2.55 bits per heavy atom. The molecule has 20 heavy (non-hydrogen) atoms. The van der Waals surface area contributed by atoms with Gasteiger partial charge in [0.2, 0.25) is 0 Å². The molecule has 0 fully saturated rings. The Bertz CT molecular complexity index is 680. The second-order valence-corrected chi connectivity index (χ2v) is 4.91. The van der Waals surface area contributed by atoms with Crippen molar-refractivity contribution in [3.8, 4) is 0 Å². The average molecular weight is 272 g/mol. The van der Waals surface area contributed by atoms with Gasteiger partial charge in [0.1, 0.15) is 5.82 Å². The van der Waals surface area contributed by atoms with Gasteiger partial charge in [0.25, 0.3) is 5.91 Å². The highest BCUT2D eigenvalue weighted by molar-refractivity contribution is 6.06. The summed E-state index contributed by atoms with van der Waals surface area (Å²) < 4.78 is 13.7. The van der Waals surface area contributed by atoms with E-state index in [1.807, 2.05) is 26.8 Å². The maximum atomic E-state index is 13.7. The van der Waals surface area contributed by atoms with Crippen molar-refractivity contribution in [3.63, 3.8) is 0 Å². The number of nitrogen functional groups attached to an aromatic ring is 1. The summed E-state index contributed by atoms with van der Waals surface area (Å²) in [5.74, 6) is -1.04. The van der Waals surface area contributed by atoms with Crippen molar-refractivity contribution in [2.75, 3.05) is 11.1 Å². The lowest BCUT2D eigenvalue weighted by Gasteiger charge is -2.14. The van der Waals surface area contributed by atoms with Crippen LogP contribution >= 0.6 is 0 Å². The Labute approximate surface area is 117 Å². The number of nitrogens with two attached hydrogens (primary N) is 1.